The molecule has 3 aromatic heterocycles. The lowest BCUT2D eigenvalue weighted by Crippen LogP contribution is -2.29. The molecule has 1 fully saturated rings. The number of carbonyl (C=O) groups is 1. The second kappa shape index (κ2) is 13.4. The first-order valence-corrected chi connectivity index (χ1v) is 13.3. The molecule has 0 spiro atoms. The predicted molar refractivity (Wildman–Crippen MR) is 155 cm³/mol. The van der Waals surface area contributed by atoms with Crippen LogP contribution in [-0.2, 0) is 11.3 Å². The molecule has 9 nitrogen and oxygen atoms in total. The molecule has 1 amide bonds. The number of nitrogens with zero attached hydrogens (tertiary/aromatic N) is 3. The second-order valence-corrected chi connectivity index (χ2v) is 9.91. The van der Waals surface area contributed by atoms with Crippen molar-refractivity contribution < 1.29 is 14.3 Å². The fourth-order valence-electron chi connectivity index (χ4n) is 3.87. The number of benzene rings is 1. The van der Waals surface area contributed by atoms with Gasteiger partial charge in [-0.05, 0) is 43.3 Å². The van der Waals surface area contributed by atoms with Gasteiger partial charge in [-0.15, -0.1) is 23.7 Å². The highest BCUT2D eigenvalue weighted by atomic mass is 35.5. The number of nitrogens with one attached hydrogen (secondary N) is 3. The molecule has 4 aromatic rings. The van der Waals surface area contributed by atoms with E-state index in [-0.39, 0.29) is 24.6 Å². The number of fused-ring (bicyclic) bond motifs is 1. The molecule has 12 heteroatoms. The summed E-state index contributed by atoms with van der Waals surface area (Å²) < 4.78 is 12.1. The summed E-state index contributed by atoms with van der Waals surface area (Å²) in [6.45, 7) is 3.30. The zero-order valence-corrected chi connectivity index (χ0v) is 23.3. The summed E-state index contributed by atoms with van der Waals surface area (Å²) in [4.78, 5) is 25.6. The van der Waals surface area contributed by atoms with E-state index in [1.807, 2.05) is 43.3 Å². The van der Waals surface area contributed by atoms with Crippen molar-refractivity contribution >= 4 is 63.2 Å². The van der Waals surface area contributed by atoms with Gasteiger partial charge in [-0.1, -0.05) is 29.5 Å². The van der Waals surface area contributed by atoms with Gasteiger partial charge in [0.15, 0.2) is 5.82 Å². The van der Waals surface area contributed by atoms with E-state index in [2.05, 4.69) is 42.7 Å². The van der Waals surface area contributed by atoms with Gasteiger partial charge in [0.2, 0.25) is 0 Å². The van der Waals surface area contributed by atoms with Gasteiger partial charge in [0, 0.05) is 31.4 Å². The molecule has 5 rings (SSSR count). The molecule has 0 radical (unpaired) electrons. The number of hydrogen-bond donors (Lipinski definition) is 3. The van der Waals surface area contributed by atoms with Gasteiger partial charge < -0.3 is 20.1 Å². The number of anilines is 2. The fraction of sp³-hybridized carbons (Fsp3) is 0.259. The van der Waals surface area contributed by atoms with E-state index in [1.54, 1.807) is 12.3 Å². The minimum absolute atomic E-state index is 0. The number of alkyl carbamates (subject to hydrolysis) is 1. The topological polar surface area (TPSA) is 110 Å². The molecule has 1 saturated heterocycles. The summed E-state index contributed by atoms with van der Waals surface area (Å²) in [7, 11) is 0. The minimum Gasteiger partial charge on any atom is -0.486 e. The lowest BCUT2D eigenvalue weighted by Gasteiger charge is -2.11. The molecule has 39 heavy (non-hydrogen) atoms. The highest BCUT2D eigenvalue weighted by Gasteiger charge is 2.25. The van der Waals surface area contributed by atoms with Crippen molar-refractivity contribution in [2.24, 2.45) is 0 Å². The van der Waals surface area contributed by atoms with Crippen LogP contribution in [0.3, 0.4) is 0 Å². The number of ether oxygens (including phenoxy) is 2. The summed E-state index contributed by atoms with van der Waals surface area (Å²) in [5.74, 6) is 7.70. The van der Waals surface area contributed by atoms with Crippen LogP contribution in [0.1, 0.15) is 23.9 Å². The highest BCUT2D eigenvalue weighted by molar-refractivity contribution is 7.20. The van der Waals surface area contributed by atoms with Crippen molar-refractivity contribution in [3.8, 4) is 17.6 Å². The molecular weight excluding hydrogens is 559 g/mol. The average molecular weight is 586 g/mol. The Morgan fingerprint density at radius 2 is 2.13 bits per heavy atom. The van der Waals surface area contributed by atoms with Gasteiger partial charge in [-0.25, -0.2) is 14.8 Å². The predicted octanol–water partition coefficient (Wildman–Crippen LogP) is 5.31. The zero-order chi connectivity index (χ0) is 26.3. The minimum atomic E-state index is -0.399. The van der Waals surface area contributed by atoms with E-state index in [9.17, 15) is 4.79 Å². The largest absolute Gasteiger partial charge is 0.486 e. The Morgan fingerprint density at radius 1 is 1.23 bits per heavy atom. The maximum absolute atomic E-state index is 11.6. The van der Waals surface area contributed by atoms with Gasteiger partial charge in [0.25, 0.3) is 0 Å². The number of amides is 1. The van der Waals surface area contributed by atoms with Crippen LogP contribution in [0.25, 0.3) is 10.2 Å². The third-order valence-corrected chi connectivity index (χ3v) is 7.00. The first-order chi connectivity index (χ1) is 18.6. The molecule has 2 atom stereocenters. The zero-order valence-electron chi connectivity index (χ0n) is 20.9. The lowest BCUT2D eigenvalue weighted by atomic mass is 10.2. The second-order valence-electron chi connectivity index (χ2n) is 8.45. The number of halogens is 2. The van der Waals surface area contributed by atoms with E-state index < -0.39 is 6.09 Å². The van der Waals surface area contributed by atoms with Gasteiger partial charge in [-0.2, -0.15) is 0 Å². The monoisotopic (exact) mass is 584 g/mol. The van der Waals surface area contributed by atoms with Gasteiger partial charge in [-0.3, -0.25) is 10.3 Å². The third kappa shape index (κ3) is 7.49. The average Bonchev–Trinajstić information content (AvgIpc) is 3.55. The molecule has 1 aromatic carbocycles. The number of thiophene rings is 1. The smallest absolute Gasteiger partial charge is 0.407 e. The summed E-state index contributed by atoms with van der Waals surface area (Å²) in [5.41, 5.74) is 2.39. The summed E-state index contributed by atoms with van der Waals surface area (Å²) in [6.07, 6.45) is 3.29. The third-order valence-electron chi connectivity index (χ3n) is 5.66. The van der Waals surface area contributed by atoms with Crippen LogP contribution < -0.4 is 20.7 Å². The summed E-state index contributed by atoms with van der Waals surface area (Å²) >= 11 is 7.98. The van der Waals surface area contributed by atoms with Crippen LogP contribution in [0.2, 0.25) is 5.02 Å². The van der Waals surface area contributed by atoms with E-state index in [0.717, 1.165) is 26.5 Å². The van der Waals surface area contributed by atoms with Crippen molar-refractivity contribution in [3.05, 3.63) is 70.6 Å². The standard InChI is InChI=1S/C27H25ClN6O3S.ClH/c1-2-29-27(35)37-20-11-17(31-14-20)6-8-21-13-23-25(38-21)26(33-16-32-23)34-18-7-9-24(22(28)12-18)36-15-19-5-3-4-10-30-19;/h3-5,7,9-10,12-13,16-17,20,31H,2,11,14-15H2,1H3,(H,29,35)(H,32,33,34);1H/t17-,20-;/m1./s1. The number of aromatic nitrogens is 3. The van der Waals surface area contributed by atoms with Crippen molar-refractivity contribution in [2.75, 3.05) is 18.4 Å². The maximum atomic E-state index is 11.6. The molecule has 202 valence electrons. The normalized spacial score (nSPS) is 16.1. The highest BCUT2D eigenvalue weighted by Crippen LogP contribution is 2.33. The van der Waals surface area contributed by atoms with Crippen LogP contribution in [0, 0.1) is 11.8 Å². The van der Waals surface area contributed by atoms with Crippen LogP contribution >= 0.6 is 35.3 Å². The molecule has 0 bridgehead atoms. The lowest BCUT2D eigenvalue weighted by molar-refractivity contribution is 0.107. The molecular formula is C27H26Cl2N6O3S. The molecule has 1 aliphatic heterocycles. The van der Waals surface area contributed by atoms with Crippen molar-refractivity contribution in [1.29, 1.82) is 0 Å². The Bertz CT molecular complexity index is 1490. The van der Waals surface area contributed by atoms with Crippen molar-refractivity contribution in [1.82, 2.24) is 25.6 Å². The van der Waals surface area contributed by atoms with E-state index >= 15 is 0 Å². The van der Waals surface area contributed by atoms with Crippen molar-refractivity contribution in [3.63, 3.8) is 0 Å². The summed E-state index contributed by atoms with van der Waals surface area (Å²) in [6, 6.07) is 13.1. The first-order valence-electron chi connectivity index (χ1n) is 12.1. The molecule has 1 aliphatic rings. The van der Waals surface area contributed by atoms with Crippen LogP contribution in [0.4, 0.5) is 16.3 Å². The van der Waals surface area contributed by atoms with Gasteiger partial charge in [0.1, 0.15) is 24.8 Å². The van der Waals surface area contributed by atoms with Gasteiger partial charge in [0.05, 0.1) is 31.9 Å². The quantitative estimate of drug-likeness (QED) is 0.251. The van der Waals surface area contributed by atoms with Crippen LogP contribution in [0.15, 0.2) is 55.0 Å². The Morgan fingerprint density at radius 3 is 2.92 bits per heavy atom. The molecule has 0 aliphatic carbocycles. The van der Waals surface area contributed by atoms with Gasteiger partial charge >= 0.3 is 6.09 Å². The maximum Gasteiger partial charge on any atom is 0.407 e. The number of pyridine rings is 1. The Labute approximate surface area is 241 Å². The molecule has 0 unspecified atom stereocenters. The van der Waals surface area contributed by atoms with Crippen LogP contribution in [0.5, 0.6) is 5.75 Å². The van der Waals surface area contributed by atoms with E-state index in [4.69, 9.17) is 21.1 Å². The number of carbonyl (C=O) groups excluding carboxylic acids is 1. The van der Waals surface area contributed by atoms with E-state index in [1.165, 1.54) is 17.7 Å². The number of rotatable bonds is 7. The van der Waals surface area contributed by atoms with E-state index in [0.29, 0.717) is 42.7 Å². The SMILES string of the molecule is CCNC(=O)O[C@H]1CN[C@H](C#Cc2cc3ncnc(Nc4ccc(OCc5ccccn5)c(Cl)c4)c3s2)C1.Cl. The Hall–Kier alpha value is -3.62. The molecule has 3 N–H and O–H groups in total. The summed E-state index contributed by atoms with van der Waals surface area (Å²) in [5, 5.41) is 9.74. The first kappa shape index (κ1) is 28.4. The number of hydrogen-bond acceptors (Lipinski definition) is 9. The molecule has 4 heterocycles. The Kier molecular flexibility index (Phi) is 9.79. The van der Waals surface area contributed by atoms with Crippen LogP contribution in [-0.4, -0.2) is 46.3 Å². The Balaban J connectivity index is 0.00000353. The van der Waals surface area contributed by atoms with Crippen molar-refractivity contribution in [2.45, 2.75) is 32.1 Å². The fourth-order valence-corrected chi connectivity index (χ4v) is 5.02. The molecule has 0 saturated carbocycles.